The van der Waals surface area contributed by atoms with Crippen LogP contribution in [0, 0.1) is 0 Å². The van der Waals surface area contributed by atoms with Crippen molar-refractivity contribution in [2.45, 2.75) is 25.8 Å². The first-order valence-corrected chi connectivity index (χ1v) is 8.10. The monoisotopic (exact) mass is 284 g/mol. The average Bonchev–Trinajstić information content (AvgIpc) is 3.11. The highest BCUT2D eigenvalue weighted by Crippen LogP contribution is 2.23. The Bertz CT molecular complexity index is 667. The predicted molar refractivity (Wildman–Crippen MR) is 87.3 cm³/mol. The molecular weight excluding hydrogens is 264 g/mol. The number of nitrogens with zero attached hydrogens (tertiary/aromatic N) is 1. The molecule has 2 aromatic heterocycles. The van der Waals surface area contributed by atoms with Crippen LogP contribution < -0.4 is 5.73 Å². The quantitative estimate of drug-likeness (QED) is 0.732. The molecule has 0 fully saturated rings. The normalized spacial score (nSPS) is 11.2. The molecule has 0 aliphatic rings. The second-order valence-corrected chi connectivity index (χ2v) is 5.92. The van der Waals surface area contributed by atoms with Gasteiger partial charge in [0.1, 0.15) is 0 Å². The van der Waals surface area contributed by atoms with Gasteiger partial charge in [-0.1, -0.05) is 18.2 Å². The van der Waals surface area contributed by atoms with Crippen molar-refractivity contribution < 1.29 is 0 Å². The van der Waals surface area contributed by atoms with Gasteiger partial charge in [-0.15, -0.1) is 0 Å². The fourth-order valence-corrected chi connectivity index (χ4v) is 3.39. The summed E-state index contributed by atoms with van der Waals surface area (Å²) in [6.07, 6.45) is 5.53. The van der Waals surface area contributed by atoms with Crippen molar-refractivity contribution in [2.75, 3.05) is 6.54 Å². The molecule has 0 saturated heterocycles. The summed E-state index contributed by atoms with van der Waals surface area (Å²) in [6.45, 7) is 1.80. The van der Waals surface area contributed by atoms with E-state index in [9.17, 15) is 0 Å². The predicted octanol–water partition coefficient (Wildman–Crippen LogP) is 3.84. The summed E-state index contributed by atoms with van der Waals surface area (Å²) in [5.74, 6) is 0. The van der Waals surface area contributed by atoms with Crippen molar-refractivity contribution in [3.05, 3.63) is 58.4 Å². The number of para-hydroxylation sites is 1. The van der Waals surface area contributed by atoms with Gasteiger partial charge in [-0.25, -0.2) is 0 Å². The zero-order valence-electron chi connectivity index (χ0n) is 11.6. The molecule has 0 spiro atoms. The highest BCUT2D eigenvalue weighted by Gasteiger charge is 2.07. The minimum atomic E-state index is 0.758. The van der Waals surface area contributed by atoms with Gasteiger partial charge in [-0.3, -0.25) is 0 Å². The maximum atomic E-state index is 5.64. The Morgan fingerprint density at radius 2 is 2.00 bits per heavy atom. The van der Waals surface area contributed by atoms with Gasteiger partial charge in [0.25, 0.3) is 0 Å². The molecule has 0 atom stereocenters. The minimum Gasteiger partial charge on any atom is -0.347 e. The van der Waals surface area contributed by atoms with Gasteiger partial charge in [0.2, 0.25) is 0 Å². The van der Waals surface area contributed by atoms with Crippen molar-refractivity contribution >= 4 is 22.2 Å². The fraction of sp³-hybridized carbons (Fsp3) is 0.294. The van der Waals surface area contributed by atoms with E-state index in [-0.39, 0.29) is 0 Å². The van der Waals surface area contributed by atoms with Gasteiger partial charge in [0, 0.05) is 23.6 Å². The molecule has 0 bridgehead atoms. The zero-order chi connectivity index (χ0) is 13.8. The van der Waals surface area contributed by atoms with E-state index in [1.54, 1.807) is 11.3 Å². The second-order valence-electron chi connectivity index (χ2n) is 5.14. The molecule has 2 N–H and O–H groups in total. The third-order valence-electron chi connectivity index (χ3n) is 3.74. The summed E-state index contributed by atoms with van der Waals surface area (Å²) in [5.41, 5.74) is 9.84. The minimum absolute atomic E-state index is 0.758. The number of thiophene rings is 1. The van der Waals surface area contributed by atoms with E-state index in [1.165, 1.54) is 22.0 Å². The van der Waals surface area contributed by atoms with Crippen LogP contribution in [0.4, 0.5) is 0 Å². The molecule has 104 valence electrons. The van der Waals surface area contributed by atoms with E-state index in [0.717, 1.165) is 32.4 Å². The Morgan fingerprint density at radius 3 is 2.80 bits per heavy atom. The van der Waals surface area contributed by atoms with Crippen LogP contribution in [-0.4, -0.2) is 11.1 Å². The Kier molecular flexibility index (Phi) is 4.19. The molecule has 20 heavy (non-hydrogen) atoms. The SMILES string of the molecule is NCCCc1cn(CCc2ccsc2)c2ccccc12. The lowest BCUT2D eigenvalue weighted by Crippen LogP contribution is -2.00. The standard InChI is InChI=1S/C17H20N2S/c18-9-3-4-15-12-19(10-7-14-8-11-20-13-14)17-6-2-1-5-16(15)17/h1-2,5-6,8,11-13H,3-4,7,9-10,18H2. The topological polar surface area (TPSA) is 30.9 Å². The molecule has 3 heteroatoms. The molecule has 1 aromatic carbocycles. The first kappa shape index (κ1) is 13.4. The number of hydrogen-bond acceptors (Lipinski definition) is 2. The first-order valence-electron chi connectivity index (χ1n) is 7.16. The molecule has 0 saturated carbocycles. The zero-order valence-corrected chi connectivity index (χ0v) is 12.4. The number of hydrogen-bond donors (Lipinski definition) is 1. The number of aryl methyl sites for hydroxylation is 3. The number of aromatic nitrogens is 1. The second kappa shape index (κ2) is 6.25. The molecule has 0 aliphatic carbocycles. The van der Waals surface area contributed by atoms with Gasteiger partial charge < -0.3 is 10.3 Å². The lowest BCUT2D eigenvalue weighted by molar-refractivity contribution is 0.718. The first-order chi connectivity index (χ1) is 9.88. The van der Waals surface area contributed by atoms with E-state index >= 15 is 0 Å². The smallest absolute Gasteiger partial charge is 0.0483 e. The molecule has 3 rings (SSSR count). The van der Waals surface area contributed by atoms with Crippen molar-refractivity contribution in [2.24, 2.45) is 5.73 Å². The fourth-order valence-electron chi connectivity index (χ4n) is 2.68. The van der Waals surface area contributed by atoms with Gasteiger partial charge in [0.15, 0.2) is 0 Å². The number of fused-ring (bicyclic) bond motifs is 1. The van der Waals surface area contributed by atoms with E-state index in [0.29, 0.717) is 0 Å². The molecule has 3 aromatic rings. The lowest BCUT2D eigenvalue weighted by atomic mass is 10.1. The average molecular weight is 284 g/mol. The summed E-state index contributed by atoms with van der Waals surface area (Å²) >= 11 is 1.77. The van der Waals surface area contributed by atoms with Gasteiger partial charge in [-0.2, -0.15) is 11.3 Å². The maximum Gasteiger partial charge on any atom is 0.0483 e. The highest BCUT2D eigenvalue weighted by atomic mass is 32.1. The lowest BCUT2D eigenvalue weighted by Gasteiger charge is -2.03. The van der Waals surface area contributed by atoms with Crippen LogP contribution in [0.3, 0.4) is 0 Å². The van der Waals surface area contributed by atoms with Crippen molar-refractivity contribution in [3.63, 3.8) is 0 Å². The molecule has 2 nitrogen and oxygen atoms in total. The van der Waals surface area contributed by atoms with Crippen LogP contribution in [0.15, 0.2) is 47.3 Å². The Hall–Kier alpha value is -1.58. The van der Waals surface area contributed by atoms with Crippen molar-refractivity contribution in [3.8, 4) is 0 Å². The molecular formula is C17H20N2S. The van der Waals surface area contributed by atoms with Crippen LogP contribution in [0.1, 0.15) is 17.5 Å². The molecule has 0 aliphatic heterocycles. The summed E-state index contributed by atoms with van der Waals surface area (Å²) in [7, 11) is 0. The molecule has 0 unspecified atom stereocenters. The van der Waals surface area contributed by atoms with E-state index < -0.39 is 0 Å². The number of benzene rings is 1. The largest absolute Gasteiger partial charge is 0.347 e. The van der Waals surface area contributed by atoms with E-state index in [4.69, 9.17) is 5.73 Å². The van der Waals surface area contributed by atoms with Gasteiger partial charge in [-0.05, 0) is 59.8 Å². The van der Waals surface area contributed by atoms with Crippen molar-refractivity contribution in [1.82, 2.24) is 4.57 Å². The van der Waals surface area contributed by atoms with Crippen LogP contribution in [0.25, 0.3) is 10.9 Å². The van der Waals surface area contributed by atoms with E-state index in [1.807, 2.05) is 0 Å². The maximum absolute atomic E-state index is 5.64. The summed E-state index contributed by atoms with van der Waals surface area (Å²) < 4.78 is 2.39. The van der Waals surface area contributed by atoms with E-state index in [2.05, 4.69) is 51.9 Å². The van der Waals surface area contributed by atoms with Crippen LogP contribution in [0.5, 0.6) is 0 Å². The van der Waals surface area contributed by atoms with Crippen LogP contribution in [-0.2, 0) is 19.4 Å². The Balaban J connectivity index is 1.86. The highest BCUT2D eigenvalue weighted by molar-refractivity contribution is 7.07. The number of nitrogens with two attached hydrogens (primary N) is 1. The summed E-state index contributed by atoms with van der Waals surface area (Å²) in [4.78, 5) is 0. The number of rotatable bonds is 6. The molecule has 0 radical (unpaired) electrons. The molecule has 2 heterocycles. The van der Waals surface area contributed by atoms with Crippen LogP contribution >= 0.6 is 11.3 Å². The molecule has 0 amide bonds. The Labute approximate surface area is 123 Å². The van der Waals surface area contributed by atoms with Gasteiger partial charge in [0.05, 0.1) is 0 Å². The third-order valence-corrected chi connectivity index (χ3v) is 4.47. The Morgan fingerprint density at radius 1 is 1.10 bits per heavy atom. The summed E-state index contributed by atoms with van der Waals surface area (Å²) in [5, 5.41) is 5.77. The van der Waals surface area contributed by atoms with Crippen molar-refractivity contribution in [1.29, 1.82) is 0 Å². The third kappa shape index (κ3) is 2.79. The van der Waals surface area contributed by atoms with Crippen LogP contribution in [0.2, 0.25) is 0 Å². The summed E-state index contributed by atoms with van der Waals surface area (Å²) in [6, 6.07) is 10.9. The van der Waals surface area contributed by atoms with Gasteiger partial charge >= 0.3 is 0 Å².